The molecule has 2 aromatic carbocycles. The molecule has 0 bridgehead atoms. The van der Waals surface area contributed by atoms with Crippen LogP contribution in [0.3, 0.4) is 0 Å². The van der Waals surface area contributed by atoms with Crippen molar-refractivity contribution < 1.29 is 4.74 Å². The summed E-state index contributed by atoms with van der Waals surface area (Å²) in [6.45, 7) is 2.69. The minimum absolute atomic E-state index is 0.694. The molecule has 0 saturated carbocycles. The van der Waals surface area contributed by atoms with E-state index in [-0.39, 0.29) is 0 Å². The van der Waals surface area contributed by atoms with Crippen LogP contribution < -0.4 is 4.74 Å². The molecule has 0 aromatic heterocycles. The smallest absolute Gasteiger partial charge is 0.123 e. The van der Waals surface area contributed by atoms with Gasteiger partial charge in [-0.2, -0.15) is 0 Å². The molecule has 0 aliphatic heterocycles. The zero-order valence-electron chi connectivity index (χ0n) is 9.39. The molecule has 0 fully saturated rings. The zero-order chi connectivity index (χ0) is 11.2. The van der Waals surface area contributed by atoms with Crippen molar-refractivity contribution in [1.82, 2.24) is 0 Å². The van der Waals surface area contributed by atoms with Crippen LogP contribution in [0, 0.1) is 6.42 Å². The third kappa shape index (κ3) is 2.63. The van der Waals surface area contributed by atoms with Gasteiger partial charge in [-0.05, 0) is 18.6 Å². The lowest BCUT2D eigenvalue weighted by atomic mass is 10.0. The van der Waals surface area contributed by atoms with Gasteiger partial charge in [0.25, 0.3) is 0 Å². The van der Waals surface area contributed by atoms with Gasteiger partial charge in [0.1, 0.15) is 5.75 Å². The summed E-state index contributed by atoms with van der Waals surface area (Å²) in [5.74, 6) is 0.939. The van der Waals surface area contributed by atoms with Gasteiger partial charge < -0.3 is 4.74 Å². The van der Waals surface area contributed by atoms with E-state index in [0.29, 0.717) is 6.61 Å². The van der Waals surface area contributed by atoms with Crippen molar-refractivity contribution in [2.45, 2.75) is 6.92 Å². The Morgan fingerprint density at radius 2 is 1.62 bits per heavy atom. The van der Waals surface area contributed by atoms with Crippen molar-refractivity contribution in [3.63, 3.8) is 0 Å². The van der Waals surface area contributed by atoms with Crippen molar-refractivity contribution in [2.75, 3.05) is 6.61 Å². The topological polar surface area (TPSA) is 9.23 Å². The number of hydrogen-bond acceptors (Lipinski definition) is 1. The quantitative estimate of drug-likeness (QED) is 0.749. The molecule has 1 heteroatoms. The van der Waals surface area contributed by atoms with Crippen LogP contribution in [0.15, 0.2) is 54.6 Å². The standard InChI is InChI=1S/C15H15O/c1-2-16-15-11-7-6-10-14(15)12-13-8-4-3-5-9-13/h3-12H,2H2,1H3. The molecule has 0 aliphatic carbocycles. The summed E-state index contributed by atoms with van der Waals surface area (Å²) in [6, 6.07) is 18.3. The Bertz CT molecular complexity index is 434. The SMILES string of the molecule is CCOc1ccccc1[CH]c1ccccc1. The van der Waals surface area contributed by atoms with E-state index in [1.807, 2.05) is 43.3 Å². The van der Waals surface area contributed by atoms with Crippen LogP contribution in [0.4, 0.5) is 0 Å². The second-order valence-electron chi connectivity index (χ2n) is 3.53. The number of rotatable bonds is 4. The minimum atomic E-state index is 0.694. The lowest BCUT2D eigenvalue weighted by Crippen LogP contribution is -1.95. The zero-order valence-corrected chi connectivity index (χ0v) is 9.39. The summed E-state index contributed by atoms with van der Waals surface area (Å²) in [5.41, 5.74) is 2.31. The Labute approximate surface area is 96.7 Å². The Kier molecular flexibility index (Phi) is 3.60. The molecule has 0 N–H and O–H groups in total. The molecule has 0 unspecified atom stereocenters. The lowest BCUT2D eigenvalue weighted by molar-refractivity contribution is 0.338. The van der Waals surface area contributed by atoms with Crippen LogP contribution in [-0.2, 0) is 0 Å². The van der Waals surface area contributed by atoms with Crippen molar-refractivity contribution in [3.05, 3.63) is 72.1 Å². The fraction of sp³-hybridized carbons (Fsp3) is 0.133. The van der Waals surface area contributed by atoms with E-state index in [0.717, 1.165) is 11.3 Å². The molecule has 2 aromatic rings. The molecule has 0 spiro atoms. The lowest BCUT2D eigenvalue weighted by Gasteiger charge is -2.09. The third-order valence-corrected chi connectivity index (χ3v) is 2.34. The number of para-hydroxylation sites is 1. The maximum Gasteiger partial charge on any atom is 0.123 e. The predicted octanol–water partition coefficient (Wildman–Crippen LogP) is 3.69. The van der Waals surface area contributed by atoms with Crippen LogP contribution in [-0.4, -0.2) is 6.61 Å². The van der Waals surface area contributed by atoms with E-state index < -0.39 is 0 Å². The summed E-state index contributed by atoms with van der Waals surface area (Å²) in [5, 5.41) is 0. The van der Waals surface area contributed by atoms with Gasteiger partial charge in [-0.25, -0.2) is 0 Å². The van der Waals surface area contributed by atoms with Gasteiger partial charge in [-0.3, -0.25) is 0 Å². The second-order valence-corrected chi connectivity index (χ2v) is 3.53. The first-order chi connectivity index (χ1) is 7.90. The van der Waals surface area contributed by atoms with Gasteiger partial charge in [-0.15, -0.1) is 0 Å². The third-order valence-electron chi connectivity index (χ3n) is 2.34. The second kappa shape index (κ2) is 5.36. The average molecular weight is 211 g/mol. The summed E-state index contributed by atoms with van der Waals surface area (Å²) in [4.78, 5) is 0. The van der Waals surface area contributed by atoms with Crippen molar-refractivity contribution >= 4 is 0 Å². The highest BCUT2D eigenvalue weighted by molar-refractivity contribution is 5.45. The van der Waals surface area contributed by atoms with Crippen molar-refractivity contribution in [1.29, 1.82) is 0 Å². The highest BCUT2D eigenvalue weighted by atomic mass is 16.5. The van der Waals surface area contributed by atoms with Gasteiger partial charge in [0, 0.05) is 12.0 Å². The molecule has 0 heterocycles. The molecule has 1 nitrogen and oxygen atoms in total. The largest absolute Gasteiger partial charge is 0.494 e. The van der Waals surface area contributed by atoms with Gasteiger partial charge in [0.15, 0.2) is 0 Å². The summed E-state index contributed by atoms with van der Waals surface area (Å²) in [7, 11) is 0. The van der Waals surface area contributed by atoms with E-state index in [9.17, 15) is 0 Å². The van der Waals surface area contributed by atoms with E-state index in [4.69, 9.17) is 4.74 Å². The van der Waals surface area contributed by atoms with Crippen molar-refractivity contribution in [2.24, 2.45) is 0 Å². The van der Waals surface area contributed by atoms with Crippen LogP contribution >= 0.6 is 0 Å². The van der Waals surface area contributed by atoms with Crippen molar-refractivity contribution in [3.8, 4) is 5.75 Å². The molecular formula is C15H15O. The molecule has 16 heavy (non-hydrogen) atoms. The van der Waals surface area contributed by atoms with Crippen LogP contribution in [0.1, 0.15) is 18.1 Å². The van der Waals surface area contributed by atoms with Gasteiger partial charge in [-0.1, -0.05) is 48.5 Å². The molecule has 0 aliphatic rings. The van der Waals surface area contributed by atoms with Gasteiger partial charge >= 0.3 is 0 Å². The maximum atomic E-state index is 5.58. The van der Waals surface area contributed by atoms with E-state index in [1.54, 1.807) is 0 Å². The predicted molar refractivity (Wildman–Crippen MR) is 66.6 cm³/mol. The molecule has 0 atom stereocenters. The Hall–Kier alpha value is -1.76. The first-order valence-electron chi connectivity index (χ1n) is 5.52. The van der Waals surface area contributed by atoms with Gasteiger partial charge in [0.05, 0.1) is 6.61 Å². The number of benzene rings is 2. The molecule has 0 amide bonds. The summed E-state index contributed by atoms with van der Waals surface area (Å²) >= 11 is 0. The monoisotopic (exact) mass is 211 g/mol. The first kappa shape index (κ1) is 10.7. The fourth-order valence-electron chi connectivity index (χ4n) is 1.62. The van der Waals surface area contributed by atoms with Crippen LogP contribution in [0.25, 0.3) is 0 Å². The highest BCUT2D eigenvalue weighted by Crippen LogP contribution is 2.22. The summed E-state index contributed by atoms with van der Waals surface area (Å²) < 4.78 is 5.58. The Balaban J connectivity index is 2.21. The van der Waals surface area contributed by atoms with E-state index in [1.165, 1.54) is 5.56 Å². The maximum absolute atomic E-state index is 5.58. The normalized spacial score (nSPS) is 10.1. The molecular weight excluding hydrogens is 196 g/mol. The molecule has 1 radical (unpaired) electrons. The van der Waals surface area contributed by atoms with E-state index in [2.05, 4.69) is 24.6 Å². The number of hydrogen-bond donors (Lipinski definition) is 0. The molecule has 2 rings (SSSR count). The first-order valence-corrected chi connectivity index (χ1v) is 5.52. The average Bonchev–Trinajstić information content (AvgIpc) is 2.33. The number of ether oxygens (including phenoxy) is 1. The highest BCUT2D eigenvalue weighted by Gasteiger charge is 2.03. The Morgan fingerprint density at radius 1 is 0.938 bits per heavy atom. The van der Waals surface area contributed by atoms with Crippen LogP contribution in [0.2, 0.25) is 0 Å². The Morgan fingerprint density at radius 3 is 2.38 bits per heavy atom. The summed E-state index contributed by atoms with van der Waals surface area (Å²) in [6.07, 6.45) is 2.13. The van der Waals surface area contributed by atoms with Crippen LogP contribution in [0.5, 0.6) is 5.75 Å². The fourth-order valence-corrected chi connectivity index (χ4v) is 1.62. The van der Waals surface area contributed by atoms with Gasteiger partial charge in [0.2, 0.25) is 0 Å². The minimum Gasteiger partial charge on any atom is -0.494 e. The molecule has 0 saturated heterocycles. The van der Waals surface area contributed by atoms with E-state index >= 15 is 0 Å². The molecule has 81 valence electrons.